The van der Waals surface area contributed by atoms with Gasteiger partial charge in [0.2, 0.25) is 0 Å². The molecule has 184 valence electrons. The zero-order chi connectivity index (χ0) is 25.2. The van der Waals surface area contributed by atoms with E-state index in [0.29, 0.717) is 0 Å². The van der Waals surface area contributed by atoms with E-state index in [4.69, 9.17) is 11.6 Å². The van der Waals surface area contributed by atoms with Crippen LogP contribution >= 0.6 is 11.6 Å². The summed E-state index contributed by atoms with van der Waals surface area (Å²) in [4.78, 5) is 13.6. The van der Waals surface area contributed by atoms with Crippen molar-refractivity contribution in [2.45, 2.75) is 60.4 Å². The first-order chi connectivity index (χ1) is 16.1. The van der Waals surface area contributed by atoms with Crippen molar-refractivity contribution >= 4 is 24.0 Å². The molecule has 1 heterocycles. The molecular weight excluding hydrogens is 428 g/mol. The molecule has 33 heavy (non-hydrogen) atoms. The molecule has 1 aliphatic rings. The summed E-state index contributed by atoms with van der Waals surface area (Å²) in [7, 11) is 0. The molecule has 0 aromatic heterocycles. The fraction of sp³-hybridized carbons (Fsp3) is 0.500. The molecule has 4 nitrogen and oxygen atoms in total. The van der Waals surface area contributed by atoms with Crippen LogP contribution in [0.25, 0.3) is 0 Å². The molecule has 5 heteroatoms. The van der Waals surface area contributed by atoms with Crippen molar-refractivity contribution in [3.8, 4) is 0 Å². The minimum Gasteiger partial charge on any atom is -0.295 e. The summed E-state index contributed by atoms with van der Waals surface area (Å²) in [5.74, 6) is 0. The van der Waals surface area contributed by atoms with E-state index < -0.39 is 0 Å². The second-order valence-electron chi connectivity index (χ2n) is 7.19. The smallest absolute Gasteiger partial charge is 0.0779 e. The third-order valence-electron chi connectivity index (χ3n) is 5.34. The molecule has 2 rings (SSSR count). The van der Waals surface area contributed by atoms with Gasteiger partial charge in [-0.05, 0) is 49.4 Å². The van der Waals surface area contributed by atoms with E-state index in [2.05, 4.69) is 58.7 Å². The lowest BCUT2D eigenvalue weighted by molar-refractivity contribution is 0.124. The summed E-state index contributed by atoms with van der Waals surface area (Å²) in [6, 6.07) is 6.26. The van der Waals surface area contributed by atoms with E-state index in [1.165, 1.54) is 11.1 Å². The second-order valence-corrected chi connectivity index (χ2v) is 7.62. The zero-order valence-electron chi connectivity index (χ0n) is 21.8. The van der Waals surface area contributed by atoms with Gasteiger partial charge in [0.05, 0.1) is 11.8 Å². The Hall–Kier alpha value is -2.01. The fourth-order valence-corrected chi connectivity index (χ4v) is 4.05. The molecule has 1 aromatic rings. The molecule has 0 radical (unpaired) electrons. The Balaban J connectivity index is 0.00000242. The van der Waals surface area contributed by atoms with Crippen LogP contribution in [-0.4, -0.2) is 55.0 Å². The van der Waals surface area contributed by atoms with Gasteiger partial charge in [-0.3, -0.25) is 19.8 Å². The van der Waals surface area contributed by atoms with Gasteiger partial charge in [0.25, 0.3) is 0 Å². The number of halogens is 1. The normalized spacial score (nSPS) is 16.0. The third kappa shape index (κ3) is 9.79. The molecule has 0 bridgehead atoms. The van der Waals surface area contributed by atoms with Gasteiger partial charge in [-0.25, -0.2) is 0 Å². The Labute approximate surface area is 208 Å². The SMILES string of the molecule is C=CN=C(C=C)C(c1ccc(Cl)cc1CCC)N1CCN(C/C(=C/C)N=C)CC1.CC.CC. The van der Waals surface area contributed by atoms with Gasteiger partial charge < -0.3 is 0 Å². The first-order valence-corrected chi connectivity index (χ1v) is 12.6. The predicted molar refractivity (Wildman–Crippen MR) is 150 cm³/mol. The maximum Gasteiger partial charge on any atom is 0.0779 e. The number of aryl methyl sites for hydroxylation is 1. The summed E-state index contributed by atoms with van der Waals surface area (Å²) in [5, 5.41) is 0.775. The molecule has 1 aromatic carbocycles. The van der Waals surface area contributed by atoms with Gasteiger partial charge in [-0.1, -0.05) is 77.9 Å². The number of benzene rings is 1. The van der Waals surface area contributed by atoms with Gasteiger partial charge in [-0.2, -0.15) is 0 Å². The fourth-order valence-electron chi connectivity index (χ4n) is 3.85. The molecule has 1 fully saturated rings. The van der Waals surface area contributed by atoms with Crippen molar-refractivity contribution in [2.75, 3.05) is 32.7 Å². The van der Waals surface area contributed by atoms with Crippen molar-refractivity contribution in [1.82, 2.24) is 9.80 Å². The lowest BCUT2D eigenvalue weighted by Gasteiger charge is -2.40. The van der Waals surface area contributed by atoms with Gasteiger partial charge in [0.15, 0.2) is 0 Å². The number of hydrogen-bond acceptors (Lipinski definition) is 4. The topological polar surface area (TPSA) is 31.2 Å². The number of nitrogens with zero attached hydrogens (tertiary/aromatic N) is 4. The quantitative estimate of drug-likeness (QED) is 0.332. The summed E-state index contributed by atoms with van der Waals surface area (Å²) in [5.41, 5.74) is 4.48. The Bertz CT molecular complexity index is 774. The lowest BCUT2D eigenvalue weighted by Crippen LogP contribution is -2.49. The number of allylic oxidation sites excluding steroid dienone is 1. The van der Waals surface area contributed by atoms with E-state index in [1.807, 2.05) is 52.8 Å². The van der Waals surface area contributed by atoms with Crippen LogP contribution in [0.3, 0.4) is 0 Å². The predicted octanol–water partition coefficient (Wildman–Crippen LogP) is 7.38. The van der Waals surface area contributed by atoms with Crippen LogP contribution in [0.2, 0.25) is 5.02 Å². The second kappa shape index (κ2) is 18.4. The molecule has 0 N–H and O–H groups in total. The van der Waals surface area contributed by atoms with Crippen LogP contribution in [-0.2, 0) is 6.42 Å². The maximum atomic E-state index is 6.31. The molecule has 1 atom stereocenters. The first kappa shape index (κ1) is 31.0. The molecule has 1 unspecified atom stereocenters. The maximum absolute atomic E-state index is 6.31. The standard InChI is InChI=1S/C24H33ClN4.2C2H6/c1-6-10-19-17-20(25)11-12-22(19)24(23(8-3)27-9-4)29-15-13-28(14-16-29)18-21(7-2)26-5;2*1-2/h7-9,11-12,17,24H,3-6,10,13-16,18H2,1-2H3;2*1-2H3/b21-7-,27-23?;;. The van der Waals surface area contributed by atoms with E-state index in [1.54, 1.807) is 6.20 Å². The Morgan fingerprint density at radius 3 is 2.24 bits per heavy atom. The number of rotatable bonds is 10. The molecule has 0 saturated carbocycles. The highest BCUT2D eigenvalue weighted by atomic mass is 35.5. The largest absolute Gasteiger partial charge is 0.295 e. The monoisotopic (exact) mass is 472 g/mol. The van der Waals surface area contributed by atoms with E-state index in [9.17, 15) is 0 Å². The van der Waals surface area contributed by atoms with Crippen LogP contribution in [0, 0.1) is 0 Å². The molecule has 1 saturated heterocycles. The minimum atomic E-state index is 0.0465. The highest BCUT2D eigenvalue weighted by Gasteiger charge is 2.29. The lowest BCUT2D eigenvalue weighted by atomic mass is 9.92. The number of aliphatic imine (C=N–C) groups is 2. The van der Waals surface area contributed by atoms with Gasteiger partial charge in [-0.15, -0.1) is 0 Å². The van der Waals surface area contributed by atoms with Crippen LogP contribution in [0.5, 0.6) is 0 Å². The van der Waals surface area contributed by atoms with Crippen molar-refractivity contribution < 1.29 is 0 Å². The average molecular weight is 473 g/mol. The summed E-state index contributed by atoms with van der Waals surface area (Å²) < 4.78 is 0. The molecular formula is C28H45ClN4. The average Bonchev–Trinajstić information content (AvgIpc) is 2.86. The van der Waals surface area contributed by atoms with E-state index >= 15 is 0 Å². The summed E-state index contributed by atoms with van der Waals surface area (Å²) in [6.45, 7) is 28.4. The molecule has 1 aliphatic heterocycles. The Morgan fingerprint density at radius 1 is 1.12 bits per heavy atom. The molecule has 0 amide bonds. The van der Waals surface area contributed by atoms with Crippen LogP contribution in [0.1, 0.15) is 65.1 Å². The van der Waals surface area contributed by atoms with Crippen molar-refractivity contribution in [1.29, 1.82) is 0 Å². The van der Waals surface area contributed by atoms with E-state index in [0.717, 1.165) is 62.0 Å². The van der Waals surface area contributed by atoms with Crippen LogP contribution in [0.15, 0.2) is 65.4 Å². The van der Waals surface area contributed by atoms with Crippen molar-refractivity contribution in [2.24, 2.45) is 9.98 Å². The van der Waals surface area contributed by atoms with Gasteiger partial charge in [0.1, 0.15) is 0 Å². The molecule has 0 aliphatic carbocycles. The zero-order valence-corrected chi connectivity index (χ0v) is 22.5. The highest BCUT2D eigenvalue weighted by molar-refractivity contribution is 6.30. The van der Waals surface area contributed by atoms with Crippen LogP contribution < -0.4 is 0 Å². The van der Waals surface area contributed by atoms with Gasteiger partial charge in [0, 0.05) is 49.6 Å². The summed E-state index contributed by atoms with van der Waals surface area (Å²) in [6.07, 6.45) is 7.53. The summed E-state index contributed by atoms with van der Waals surface area (Å²) >= 11 is 6.31. The minimum absolute atomic E-state index is 0.0465. The highest BCUT2D eigenvalue weighted by Crippen LogP contribution is 2.30. The van der Waals surface area contributed by atoms with Crippen molar-refractivity contribution in [3.63, 3.8) is 0 Å². The number of piperazine rings is 1. The molecule has 0 spiro atoms. The van der Waals surface area contributed by atoms with E-state index in [-0.39, 0.29) is 6.04 Å². The van der Waals surface area contributed by atoms with Crippen molar-refractivity contribution in [3.05, 3.63) is 71.6 Å². The van der Waals surface area contributed by atoms with Gasteiger partial charge >= 0.3 is 0 Å². The first-order valence-electron chi connectivity index (χ1n) is 12.3. The third-order valence-corrected chi connectivity index (χ3v) is 5.58. The Morgan fingerprint density at radius 2 is 1.76 bits per heavy atom. The Kier molecular flexibility index (Phi) is 17.3. The van der Waals surface area contributed by atoms with Crippen LogP contribution in [0.4, 0.5) is 0 Å². The number of hydrogen-bond donors (Lipinski definition) is 0.